The Morgan fingerprint density at radius 3 is 1.63 bits per heavy atom. The van der Waals surface area contributed by atoms with Crippen LogP contribution in [-0.2, 0) is 5.41 Å². The standard InChI is InChI=1S/C28H44O2/c1-24(2,3)20-15-13-14-18(22(20)29)19-16-28(26(7,8)9,27(10,11)12)17-21(23(19)30)25(4,5)6/h13-17,23,29-30H,1-12H3. The normalized spacial score (nSPS) is 20.6. The number of hydrogen-bond donors (Lipinski definition) is 2. The van der Waals surface area contributed by atoms with Crippen LogP contribution in [-0.4, -0.2) is 16.3 Å². The maximum absolute atomic E-state index is 11.6. The first-order valence-corrected chi connectivity index (χ1v) is 11.2. The van der Waals surface area contributed by atoms with E-state index in [0.29, 0.717) is 0 Å². The molecule has 1 aliphatic rings. The Hall–Kier alpha value is -1.54. The van der Waals surface area contributed by atoms with Crippen molar-refractivity contribution < 1.29 is 10.2 Å². The molecule has 2 heteroatoms. The first kappa shape index (κ1) is 24.7. The van der Waals surface area contributed by atoms with E-state index in [0.717, 1.165) is 22.3 Å². The third-order valence-corrected chi connectivity index (χ3v) is 6.86. The summed E-state index contributed by atoms with van der Waals surface area (Å²) in [5, 5.41) is 22.8. The Bertz CT molecular complexity index is 842. The van der Waals surface area contributed by atoms with Gasteiger partial charge in [-0.3, -0.25) is 0 Å². The molecule has 168 valence electrons. The lowest BCUT2D eigenvalue weighted by Crippen LogP contribution is -2.47. The average Bonchev–Trinajstić information content (AvgIpc) is 2.51. The molecule has 0 aromatic heterocycles. The van der Waals surface area contributed by atoms with Gasteiger partial charge in [-0.2, -0.15) is 0 Å². The van der Waals surface area contributed by atoms with E-state index < -0.39 is 6.10 Å². The van der Waals surface area contributed by atoms with Crippen LogP contribution in [0.3, 0.4) is 0 Å². The Labute approximate surface area is 185 Å². The molecule has 2 nitrogen and oxygen atoms in total. The van der Waals surface area contributed by atoms with Crippen LogP contribution in [0.25, 0.3) is 5.57 Å². The Balaban J connectivity index is 2.94. The number of aliphatic hydroxyl groups is 1. The van der Waals surface area contributed by atoms with Crippen molar-refractivity contribution in [2.45, 2.75) is 94.6 Å². The third kappa shape index (κ3) is 4.13. The summed E-state index contributed by atoms with van der Waals surface area (Å²) in [5.74, 6) is 0.280. The molecule has 0 radical (unpaired) electrons. The van der Waals surface area contributed by atoms with Gasteiger partial charge in [-0.15, -0.1) is 0 Å². The van der Waals surface area contributed by atoms with Crippen LogP contribution in [0.5, 0.6) is 5.75 Å². The largest absolute Gasteiger partial charge is 0.507 e. The summed E-state index contributed by atoms with van der Waals surface area (Å²) in [5.41, 5.74) is 2.64. The molecule has 1 unspecified atom stereocenters. The molecule has 0 fully saturated rings. The van der Waals surface area contributed by atoms with Crippen molar-refractivity contribution in [3.8, 4) is 5.75 Å². The van der Waals surface area contributed by atoms with Gasteiger partial charge in [-0.1, -0.05) is 113 Å². The van der Waals surface area contributed by atoms with Crippen LogP contribution in [0.4, 0.5) is 0 Å². The fourth-order valence-electron chi connectivity index (χ4n) is 5.08. The molecule has 0 spiro atoms. The molecule has 1 aliphatic carbocycles. The predicted molar refractivity (Wildman–Crippen MR) is 130 cm³/mol. The molecule has 0 aliphatic heterocycles. The number of allylic oxidation sites excluding steroid dienone is 2. The highest BCUT2D eigenvalue weighted by Crippen LogP contribution is 2.59. The molecule has 0 saturated heterocycles. The number of phenols is 1. The lowest BCUT2D eigenvalue weighted by Gasteiger charge is -2.54. The minimum absolute atomic E-state index is 0.0790. The SMILES string of the molecule is CC(C)(C)C1=CC(C(C)(C)C)(C(C)(C)C)C=C(c2cccc(C(C)(C)C)c2O)C1O. The smallest absolute Gasteiger partial charge is 0.126 e. The molecule has 0 heterocycles. The molecule has 2 N–H and O–H groups in total. The maximum Gasteiger partial charge on any atom is 0.126 e. The summed E-state index contributed by atoms with van der Waals surface area (Å²) in [4.78, 5) is 0. The lowest BCUT2D eigenvalue weighted by molar-refractivity contribution is 0.0592. The molecule has 30 heavy (non-hydrogen) atoms. The van der Waals surface area contributed by atoms with Crippen molar-refractivity contribution in [2.24, 2.45) is 21.7 Å². The molecule has 1 aromatic carbocycles. The molecule has 0 amide bonds. The molecular weight excluding hydrogens is 368 g/mol. The predicted octanol–water partition coefficient (Wildman–Crippen LogP) is 7.50. The summed E-state index contributed by atoms with van der Waals surface area (Å²) in [6.45, 7) is 26.4. The molecule has 0 bridgehead atoms. The summed E-state index contributed by atoms with van der Waals surface area (Å²) < 4.78 is 0. The van der Waals surface area contributed by atoms with Crippen LogP contribution in [0.1, 0.15) is 94.2 Å². The number of para-hydroxylation sites is 1. The third-order valence-electron chi connectivity index (χ3n) is 6.86. The highest BCUT2D eigenvalue weighted by molar-refractivity contribution is 5.79. The van der Waals surface area contributed by atoms with Gasteiger partial charge in [0.1, 0.15) is 11.9 Å². The van der Waals surface area contributed by atoms with E-state index in [1.807, 2.05) is 18.2 Å². The Morgan fingerprint density at radius 1 is 0.733 bits per heavy atom. The van der Waals surface area contributed by atoms with E-state index in [9.17, 15) is 10.2 Å². The van der Waals surface area contributed by atoms with Gasteiger partial charge < -0.3 is 10.2 Å². The number of benzene rings is 1. The van der Waals surface area contributed by atoms with Crippen LogP contribution < -0.4 is 0 Å². The summed E-state index contributed by atoms with van der Waals surface area (Å²) >= 11 is 0. The first-order chi connectivity index (χ1) is 13.2. The average molecular weight is 413 g/mol. The zero-order valence-electron chi connectivity index (χ0n) is 21.4. The summed E-state index contributed by atoms with van der Waals surface area (Å²) in [6, 6.07) is 5.92. The first-order valence-electron chi connectivity index (χ1n) is 11.2. The second-order valence-corrected chi connectivity index (χ2v) is 13.2. The summed E-state index contributed by atoms with van der Waals surface area (Å²) in [7, 11) is 0. The van der Waals surface area contributed by atoms with Crippen LogP contribution >= 0.6 is 0 Å². The van der Waals surface area contributed by atoms with Crippen molar-refractivity contribution in [2.75, 3.05) is 0 Å². The van der Waals surface area contributed by atoms with E-state index >= 15 is 0 Å². The zero-order chi connectivity index (χ0) is 23.5. The van der Waals surface area contributed by atoms with Gasteiger partial charge in [0.25, 0.3) is 0 Å². The molecule has 2 rings (SSSR count). The maximum atomic E-state index is 11.6. The minimum Gasteiger partial charge on any atom is -0.507 e. The van der Waals surface area contributed by atoms with Gasteiger partial charge in [0.2, 0.25) is 0 Å². The summed E-state index contributed by atoms with van der Waals surface area (Å²) in [6.07, 6.45) is 3.82. The van der Waals surface area contributed by atoms with E-state index in [4.69, 9.17) is 0 Å². The Kier molecular flexibility index (Phi) is 5.98. The zero-order valence-corrected chi connectivity index (χ0v) is 21.4. The van der Waals surface area contributed by atoms with Crippen molar-refractivity contribution in [3.63, 3.8) is 0 Å². The van der Waals surface area contributed by atoms with Gasteiger partial charge >= 0.3 is 0 Å². The molecule has 1 atom stereocenters. The monoisotopic (exact) mass is 412 g/mol. The van der Waals surface area contributed by atoms with Crippen LogP contribution in [0.2, 0.25) is 0 Å². The highest BCUT2D eigenvalue weighted by Gasteiger charge is 2.51. The highest BCUT2D eigenvalue weighted by atomic mass is 16.3. The minimum atomic E-state index is -0.746. The number of hydrogen-bond acceptors (Lipinski definition) is 2. The fraction of sp³-hybridized carbons (Fsp3) is 0.643. The van der Waals surface area contributed by atoms with Crippen molar-refractivity contribution >= 4 is 5.57 Å². The quantitative estimate of drug-likeness (QED) is 0.469. The second-order valence-electron chi connectivity index (χ2n) is 13.2. The second kappa shape index (κ2) is 7.26. The van der Waals surface area contributed by atoms with E-state index in [2.05, 4.69) is 95.2 Å². The van der Waals surface area contributed by atoms with E-state index in [1.54, 1.807) is 0 Å². The topological polar surface area (TPSA) is 40.5 Å². The van der Waals surface area contributed by atoms with Crippen molar-refractivity contribution in [1.29, 1.82) is 0 Å². The van der Waals surface area contributed by atoms with Gasteiger partial charge in [0.05, 0.1) is 0 Å². The van der Waals surface area contributed by atoms with Crippen molar-refractivity contribution in [3.05, 3.63) is 47.1 Å². The number of aliphatic hydroxyl groups excluding tert-OH is 1. The fourth-order valence-corrected chi connectivity index (χ4v) is 5.08. The van der Waals surface area contributed by atoms with Gasteiger partial charge in [-0.25, -0.2) is 0 Å². The molecular formula is C28H44O2. The molecule has 1 aromatic rings. The lowest BCUT2D eigenvalue weighted by atomic mass is 9.50. The molecule has 0 saturated carbocycles. The van der Waals surface area contributed by atoms with E-state index in [-0.39, 0.29) is 32.8 Å². The van der Waals surface area contributed by atoms with Gasteiger partial charge in [-0.05, 0) is 38.4 Å². The number of aromatic hydroxyl groups is 1. The number of rotatable bonds is 1. The van der Waals surface area contributed by atoms with Crippen molar-refractivity contribution in [1.82, 2.24) is 0 Å². The van der Waals surface area contributed by atoms with Crippen LogP contribution in [0.15, 0.2) is 35.9 Å². The van der Waals surface area contributed by atoms with E-state index in [1.165, 1.54) is 0 Å². The van der Waals surface area contributed by atoms with Gasteiger partial charge in [0, 0.05) is 11.0 Å². The Morgan fingerprint density at radius 2 is 1.23 bits per heavy atom. The van der Waals surface area contributed by atoms with Crippen LogP contribution in [0, 0.1) is 21.7 Å². The van der Waals surface area contributed by atoms with Gasteiger partial charge in [0.15, 0.2) is 0 Å². The number of phenolic OH excluding ortho intramolecular Hbond substituents is 1.